The molecule has 0 saturated carbocycles. The van der Waals surface area contributed by atoms with Gasteiger partial charge in [-0.15, -0.1) is 0 Å². The number of aromatic nitrogens is 7. The molecule has 5 aromatic heterocycles. The maximum atomic E-state index is 5.16. The monoisotopic (exact) mass is 1250 g/mol. The van der Waals surface area contributed by atoms with Crippen LogP contribution in [0.15, 0.2) is 346 Å². The Morgan fingerprint density at radius 3 is 1.07 bits per heavy atom. The maximum absolute atomic E-state index is 5.16. The molecule has 0 fully saturated rings. The SMILES string of the molecule is c1ccc(-c2cc(-c3cccc(-c4ccc5c(c4)C4(c6ccccc6-c6ccccc64)c4ccncc4-5)c3)nc(-c3ccccc3)n2)cc1.c1ccc(-c2cc(-c3cccc(-c4cnc5c(c4)C4(c6ccccc6-c6ccccc64)c4cccnc4-5)c3)nc(-c3ccccc3)n2)cc1. The molecule has 0 saturated heterocycles. The Bertz CT molecular complexity index is 5230. The molecule has 2 spiro atoms. The van der Waals surface area contributed by atoms with Gasteiger partial charge in [-0.05, 0) is 132 Å². The van der Waals surface area contributed by atoms with Crippen molar-refractivity contribution >= 4 is 0 Å². The normalized spacial score (nSPS) is 13.1. The molecule has 20 rings (SSSR count). The lowest BCUT2D eigenvalue weighted by Gasteiger charge is -2.30. The lowest BCUT2D eigenvalue weighted by atomic mass is 9.70. The molecular formula is C91H57N7. The third kappa shape index (κ3) is 8.87. The number of hydrogen-bond acceptors (Lipinski definition) is 7. The van der Waals surface area contributed by atoms with Gasteiger partial charge in [0.15, 0.2) is 11.6 Å². The van der Waals surface area contributed by atoms with E-state index in [2.05, 4.69) is 266 Å². The molecule has 7 heteroatoms. The molecule has 4 aliphatic carbocycles. The van der Waals surface area contributed by atoms with Crippen molar-refractivity contribution < 1.29 is 0 Å². The van der Waals surface area contributed by atoms with E-state index in [9.17, 15) is 0 Å². The van der Waals surface area contributed by atoms with Gasteiger partial charge in [0.25, 0.3) is 0 Å². The van der Waals surface area contributed by atoms with Crippen LogP contribution >= 0.6 is 0 Å². The van der Waals surface area contributed by atoms with E-state index in [-0.39, 0.29) is 0 Å². The van der Waals surface area contributed by atoms with E-state index >= 15 is 0 Å². The third-order valence-electron chi connectivity index (χ3n) is 20.2. The first-order valence-electron chi connectivity index (χ1n) is 33.2. The van der Waals surface area contributed by atoms with Crippen LogP contribution in [-0.4, -0.2) is 34.9 Å². The van der Waals surface area contributed by atoms with Crippen molar-refractivity contribution in [2.75, 3.05) is 0 Å². The van der Waals surface area contributed by atoms with Gasteiger partial charge in [0.2, 0.25) is 0 Å². The van der Waals surface area contributed by atoms with Gasteiger partial charge in [0.05, 0.1) is 45.0 Å². The molecule has 11 aromatic carbocycles. The molecule has 0 amide bonds. The molecule has 4 aliphatic rings. The first kappa shape index (κ1) is 56.6. The molecule has 0 atom stereocenters. The Labute approximate surface area is 568 Å². The van der Waals surface area contributed by atoms with Crippen LogP contribution in [-0.2, 0) is 10.8 Å². The summed E-state index contributed by atoms with van der Waals surface area (Å²) in [6.45, 7) is 0. The zero-order chi connectivity index (χ0) is 64.7. The molecule has 0 radical (unpaired) electrons. The van der Waals surface area contributed by atoms with Crippen LogP contribution in [0.4, 0.5) is 0 Å². The van der Waals surface area contributed by atoms with Crippen LogP contribution in [0.3, 0.4) is 0 Å². The van der Waals surface area contributed by atoms with Crippen LogP contribution in [0.1, 0.15) is 44.5 Å². The number of nitrogens with zero attached hydrogens (tertiary/aromatic N) is 7. The number of rotatable bonds is 8. The quantitative estimate of drug-likeness (QED) is 0.150. The molecule has 7 nitrogen and oxygen atoms in total. The predicted molar refractivity (Wildman–Crippen MR) is 394 cm³/mol. The highest BCUT2D eigenvalue weighted by atomic mass is 14.9. The molecule has 0 bridgehead atoms. The minimum absolute atomic E-state index is 0.407. The highest BCUT2D eigenvalue weighted by Crippen LogP contribution is 2.64. The minimum Gasteiger partial charge on any atom is -0.264 e. The Morgan fingerprint density at radius 2 is 0.561 bits per heavy atom. The second-order valence-electron chi connectivity index (χ2n) is 25.4. The Kier molecular flexibility index (Phi) is 13.2. The van der Waals surface area contributed by atoms with Crippen LogP contribution in [0.25, 0.3) is 135 Å². The number of benzene rings is 11. The maximum Gasteiger partial charge on any atom is 0.160 e. The van der Waals surface area contributed by atoms with Gasteiger partial charge in [-0.1, -0.05) is 273 Å². The summed E-state index contributed by atoms with van der Waals surface area (Å²) < 4.78 is 0. The summed E-state index contributed by atoms with van der Waals surface area (Å²) in [5.41, 5.74) is 32.9. The topological polar surface area (TPSA) is 90.2 Å². The van der Waals surface area contributed by atoms with Gasteiger partial charge in [0, 0.05) is 74.9 Å². The molecule has 0 unspecified atom stereocenters. The summed E-state index contributed by atoms with van der Waals surface area (Å²) in [5.74, 6) is 1.42. The fraction of sp³-hybridized carbons (Fsp3) is 0.0220. The summed E-state index contributed by atoms with van der Waals surface area (Å²) in [5, 5.41) is 0. The van der Waals surface area contributed by atoms with E-state index < -0.39 is 10.8 Å². The van der Waals surface area contributed by atoms with Gasteiger partial charge in [-0.2, -0.15) is 0 Å². The second kappa shape index (κ2) is 22.9. The molecule has 98 heavy (non-hydrogen) atoms. The van der Waals surface area contributed by atoms with E-state index in [0.717, 1.165) is 84.2 Å². The number of hydrogen-bond donors (Lipinski definition) is 0. The van der Waals surface area contributed by atoms with Gasteiger partial charge >= 0.3 is 0 Å². The fourth-order valence-corrected chi connectivity index (χ4v) is 16.0. The van der Waals surface area contributed by atoms with E-state index in [1.54, 1.807) is 0 Å². The Hall–Kier alpha value is -13.0. The van der Waals surface area contributed by atoms with Gasteiger partial charge in [-0.3, -0.25) is 15.0 Å². The van der Waals surface area contributed by atoms with Crippen molar-refractivity contribution in [1.82, 2.24) is 34.9 Å². The van der Waals surface area contributed by atoms with Crippen LogP contribution in [0.2, 0.25) is 0 Å². The minimum atomic E-state index is -0.492. The van der Waals surface area contributed by atoms with Gasteiger partial charge in [0.1, 0.15) is 0 Å². The molecule has 0 aliphatic heterocycles. The summed E-state index contributed by atoms with van der Waals surface area (Å²) in [6, 6.07) is 114. The van der Waals surface area contributed by atoms with Crippen LogP contribution in [0.5, 0.6) is 0 Å². The predicted octanol–water partition coefficient (Wildman–Crippen LogP) is 21.2. The van der Waals surface area contributed by atoms with E-state index in [1.807, 2.05) is 85.5 Å². The van der Waals surface area contributed by atoms with E-state index in [4.69, 9.17) is 29.9 Å². The zero-order valence-electron chi connectivity index (χ0n) is 53.0. The van der Waals surface area contributed by atoms with Gasteiger partial charge < -0.3 is 0 Å². The molecule has 5 heterocycles. The first-order chi connectivity index (χ1) is 48.6. The van der Waals surface area contributed by atoms with Crippen molar-refractivity contribution in [3.05, 3.63) is 391 Å². The first-order valence-corrected chi connectivity index (χ1v) is 33.2. The molecule has 456 valence electrons. The summed E-state index contributed by atoms with van der Waals surface area (Å²) in [4.78, 5) is 34.9. The highest BCUT2D eigenvalue weighted by Gasteiger charge is 2.54. The van der Waals surface area contributed by atoms with Crippen molar-refractivity contribution in [1.29, 1.82) is 0 Å². The fourth-order valence-electron chi connectivity index (χ4n) is 16.0. The van der Waals surface area contributed by atoms with Crippen molar-refractivity contribution in [2.45, 2.75) is 10.8 Å². The van der Waals surface area contributed by atoms with Crippen molar-refractivity contribution in [3.8, 4) is 135 Å². The molecule has 0 N–H and O–H groups in total. The van der Waals surface area contributed by atoms with E-state index in [1.165, 1.54) is 83.5 Å². The summed E-state index contributed by atoms with van der Waals surface area (Å²) in [6.07, 6.45) is 7.85. The van der Waals surface area contributed by atoms with E-state index in [0.29, 0.717) is 11.6 Å². The van der Waals surface area contributed by atoms with Crippen molar-refractivity contribution in [3.63, 3.8) is 0 Å². The summed E-state index contributed by atoms with van der Waals surface area (Å²) >= 11 is 0. The zero-order valence-corrected chi connectivity index (χ0v) is 53.0. The highest BCUT2D eigenvalue weighted by molar-refractivity contribution is 5.97. The summed E-state index contributed by atoms with van der Waals surface area (Å²) in [7, 11) is 0. The number of fused-ring (bicyclic) bond motifs is 20. The van der Waals surface area contributed by atoms with Gasteiger partial charge in [-0.25, -0.2) is 19.9 Å². The largest absolute Gasteiger partial charge is 0.264 e. The Balaban J connectivity index is 0.000000137. The molecule has 16 aromatic rings. The average molecular weight is 1250 g/mol. The number of pyridine rings is 3. The third-order valence-corrected chi connectivity index (χ3v) is 20.2. The smallest absolute Gasteiger partial charge is 0.160 e. The lowest BCUT2D eigenvalue weighted by Crippen LogP contribution is -2.26. The Morgan fingerprint density at radius 1 is 0.194 bits per heavy atom. The van der Waals surface area contributed by atoms with Crippen LogP contribution < -0.4 is 0 Å². The van der Waals surface area contributed by atoms with Crippen LogP contribution in [0, 0.1) is 0 Å². The lowest BCUT2D eigenvalue weighted by molar-refractivity contribution is 0.790. The second-order valence-corrected chi connectivity index (χ2v) is 25.4. The average Bonchev–Trinajstić information content (AvgIpc) is 1.52. The molecular weight excluding hydrogens is 1190 g/mol. The standard InChI is InChI=1S/C46H29N3.C45H28N4/c1-3-12-30(13-4-1)43-28-44(49-45(48-43)31-14-5-2-6-15-31)34-17-11-16-32(26-34)33-22-23-37-38-29-47-25-24-41(38)46(42(37)27-33)39-20-9-7-18-35(39)36-19-8-10-21-40(36)46;1-3-13-29(14-4-1)40-27-41(49-44(48-40)30-15-5-2-6-16-30)32-18-11-17-31(25-32)33-26-39-43(47-28-33)42-38(23-12-24-46-42)45(39)36-21-9-7-19-34(36)35-20-8-10-22-37(35)45/h1-29H;1-28H. The van der Waals surface area contributed by atoms with Crippen molar-refractivity contribution in [2.24, 2.45) is 0 Å².